The minimum absolute atomic E-state index is 0.135. The van der Waals surface area contributed by atoms with Crippen LogP contribution in [0, 0.1) is 5.41 Å². The van der Waals surface area contributed by atoms with Gasteiger partial charge in [-0.25, -0.2) is 4.98 Å². The van der Waals surface area contributed by atoms with Crippen molar-refractivity contribution in [3.63, 3.8) is 0 Å². The minimum atomic E-state index is -0.135. The highest BCUT2D eigenvalue weighted by molar-refractivity contribution is 6.33. The van der Waals surface area contributed by atoms with Crippen LogP contribution in [-0.4, -0.2) is 24.0 Å². The molecule has 0 aromatic carbocycles. The number of nitrogens with zero attached hydrogens (tertiary/aromatic N) is 1. The molecule has 4 nitrogen and oxygen atoms in total. The summed E-state index contributed by atoms with van der Waals surface area (Å²) < 4.78 is 0. The fourth-order valence-electron chi connectivity index (χ4n) is 1.70. The zero-order valence-electron chi connectivity index (χ0n) is 10.2. The van der Waals surface area contributed by atoms with Crippen molar-refractivity contribution in [1.82, 2.24) is 10.3 Å². The van der Waals surface area contributed by atoms with E-state index >= 15 is 0 Å². The monoisotopic (exact) mass is 253 g/mol. The van der Waals surface area contributed by atoms with E-state index in [1.54, 1.807) is 13.1 Å². The van der Waals surface area contributed by atoms with Crippen LogP contribution in [0.25, 0.3) is 0 Å². The van der Waals surface area contributed by atoms with Gasteiger partial charge in [0.25, 0.3) is 5.91 Å². The van der Waals surface area contributed by atoms with E-state index in [0.29, 0.717) is 16.4 Å². The number of amides is 1. The van der Waals surface area contributed by atoms with Crippen molar-refractivity contribution < 1.29 is 4.79 Å². The van der Waals surface area contributed by atoms with Crippen molar-refractivity contribution in [3.05, 3.63) is 22.8 Å². The number of rotatable bonds is 3. The first-order chi connectivity index (χ1) is 7.94. The van der Waals surface area contributed by atoms with Crippen LogP contribution in [0.1, 0.15) is 30.6 Å². The summed E-state index contributed by atoms with van der Waals surface area (Å²) in [6.45, 7) is 4.26. The van der Waals surface area contributed by atoms with Gasteiger partial charge in [-0.2, -0.15) is 0 Å². The Morgan fingerprint density at radius 3 is 2.76 bits per heavy atom. The highest BCUT2D eigenvalue weighted by Crippen LogP contribution is 2.44. The molecule has 2 rings (SSSR count). The average Bonchev–Trinajstić information content (AvgIpc) is 2.86. The second kappa shape index (κ2) is 4.18. The van der Waals surface area contributed by atoms with Crippen LogP contribution in [-0.2, 0) is 0 Å². The summed E-state index contributed by atoms with van der Waals surface area (Å²) in [7, 11) is 1.75. The third-order valence-corrected chi connectivity index (χ3v) is 3.48. The van der Waals surface area contributed by atoms with Crippen LogP contribution in [0.15, 0.2) is 12.3 Å². The van der Waals surface area contributed by atoms with Crippen molar-refractivity contribution in [2.45, 2.75) is 26.3 Å². The number of carbonyl (C=O) groups is 1. The van der Waals surface area contributed by atoms with Gasteiger partial charge < -0.3 is 10.6 Å². The molecule has 0 aliphatic heterocycles. The molecule has 0 radical (unpaired) electrons. The van der Waals surface area contributed by atoms with E-state index in [1.165, 1.54) is 6.20 Å². The molecular weight excluding hydrogens is 238 g/mol. The van der Waals surface area contributed by atoms with E-state index in [1.807, 2.05) is 0 Å². The number of aromatic nitrogens is 1. The highest BCUT2D eigenvalue weighted by atomic mass is 35.5. The Labute approximate surface area is 106 Å². The predicted molar refractivity (Wildman–Crippen MR) is 68.4 cm³/mol. The van der Waals surface area contributed by atoms with Crippen LogP contribution < -0.4 is 10.6 Å². The largest absolute Gasteiger partial charge is 0.373 e. The Morgan fingerprint density at radius 1 is 1.59 bits per heavy atom. The molecule has 0 spiro atoms. The summed E-state index contributed by atoms with van der Waals surface area (Å²) in [4.78, 5) is 16.1. The smallest absolute Gasteiger partial charge is 0.253 e. The summed E-state index contributed by atoms with van der Waals surface area (Å²) >= 11 is 5.97. The zero-order chi connectivity index (χ0) is 12.6. The Morgan fingerprint density at radius 2 is 2.24 bits per heavy atom. The molecule has 1 aromatic rings. The Balaban J connectivity index is 2.13. The average molecular weight is 254 g/mol. The summed E-state index contributed by atoms with van der Waals surface area (Å²) in [5, 5.41) is 6.23. The van der Waals surface area contributed by atoms with E-state index in [9.17, 15) is 4.79 Å². The van der Waals surface area contributed by atoms with Gasteiger partial charge in [-0.15, -0.1) is 0 Å². The standard InChI is InChI=1S/C12H16ClN3O/c1-12(2)5-9(12)16-11(17)7-4-10(14-3)15-6-8(7)13/h4,6,9H,5H2,1-3H3,(H,14,15)(H,16,17). The minimum Gasteiger partial charge on any atom is -0.373 e. The van der Waals surface area contributed by atoms with Gasteiger partial charge >= 0.3 is 0 Å². The summed E-state index contributed by atoms with van der Waals surface area (Å²) in [5.74, 6) is 0.499. The first-order valence-corrected chi connectivity index (χ1v) is 5.96. The van der Waals surface area contributed by atoms with Crippen molar-refractivity contribution in [2.24, 2.45) is 5.41 Å². The maximum Gasteiger partial charge on any atom is 0.253 e. The molecule has 1 aliphatic rings. The topological polar surface area (TPSA) is 54.0 Å². The number of anilines is 1. The van der Waals surface area contributed by atoms with Gasteiger partial charge in [-0.1, -0.05) is 25.4 Å². The normalized spacial score (nSPS) is 20.8. The number of nitrogens with one attached hydrogen (secondary N) is 2. The lowest BCUT2D eigenvalue weighted by atomic mass is 10.2. The Hall–Kier alpha value is -1.29. The number of hydrogen-bond donors (Lipinski definition) is 2. The number of hydrogen-bond acceptors (Lipinski definition) is 3. The van der Waals surface area contributed by atoms with Gasteiger partial charge in [-0.05, 0) is 17.9 Å². The van der Waals surface area contributed by atoms with Crippen LogP contribution in [0.3, 0.4) is 0 Å². The SMILES string of the molecule is CNc1cc(C(=O)NC2CC2(C)C)c(Cl)cn1. The highest BCUT2D eigenvalue weighted by Gasteiger charge is 2.46. The lowest BCUT2D eigenvalue weighted by Gasteiger charge is -2.09. The van der Waals surface area contributed by atoms with Crippen LogP contribution in [0.5, 0.6) is 0 Å². The molecule has 1 unspecified atom stereocenters. The number of carbonyl (C=O) groups excluding carboxylic acids is 1. The van der Waals surface area contributed by atoms with Gasteiger partial charge in [0.05, 0.1) is 10.6 Å². The summed E-state index contributed by atoms with van der Waals surface area (Å²) in [6, 6.07) is 1.91. The fraction of sp³-hybridized carbons (Fsp3) is 0.500. The molecule has 5 heteroatoms. The summed E-state index contributed by atoms with van der Waals surface area (Å²) in [6.07, 6.45) is 2.50. The molecule has 1 fully saturated rings. The predicted octanol–water partition coefficient (Wildman–Crippen LogP) is 2.31. The molecule has 1 aromatic heterocycles. The van der Waals surface area contributed by atoms with E-state index < -0.39 is 0 Å². The van der Waals surface area contributed by atoms with Gasteiger partial charge in [0, 0.05) is 19.3 Å². The van der Waals surface area contributed by atoms with Crippen molar-refractivity contribution in [1.29, 1.82) is 0 Å². The molecule has 0 saturated heterocycles. The van der Waals surface area contributed by atoms with E-state index in [2.05, 4.69) is 29.5 Å². The van der Waals surface area contributed by atoms with Crippen molar-refractivity contribution in [3.8, 4) is 0 Å². The van der Waals surface area contributed by atoms with E-state index in [4.69, 9.17) is 11.6 Å². The van der Waals surface area contributed by atoms with Crippen LogP contribution >= 0.6 is 11.6 Å². The molecule has 2 N–H and O–H groups in total. The quantitative estimate of drug-likeness (QED) is 0.869. The maximum atomic E-state index is 12.0. The van der Waals surface area contributed by atoms with Crippen molar-refractivity contribution in [2.75, 3.05) is 12.4 Å². The van der Waals surface area contributed by atoms with Gasteiger partial charge in [-0.3, -0.25) is 4.79 Å². The van der Waals surface area contributed by atoms with E-state index in [0.717, 1.165) is 6.42 Å². The molecule has 1 aliphatic carbocycles. The third kappa shape index (κ3) is 2.52. The molecule has 92 valence electrons. The van der Waals surface area contributed by atoms with Crippen LogP contribution in [0.4, 0.5) is 5.82 Å². The van der Waals surface area contributed by atoms with Gasteiger partial charge in [0.2, 0.25) is 0 Å². The van der Waals surface area contributed by atoms with Crippen LogP contribution in [0.2, 0.25) is 5.02 Å². The zero-order valence-corrected chi connectivity index (χ0v) is 10.9. The Bertz CT molecular complexity index is 459. The van der Waals surface area contributed by atoms with Crippen molar-refractivity contribution >= 4 is 23.3 Å². The molecule has 1 amide bonds. The fourth-order valence-corrected chi connectivity index (χ4v) is 1.89. The van der Waals surface area contributed by atoms with E-state index in [-0.39, 0.29) is 17.4 Å². The molecule has 1 atom stereocenters. The molecular formula is C12H16ClN3O. The number of halogens is 1. The first kappa shape index (κ1) is 12.2. The lowest BCUT2D eigenvalue weighted by Crippen LogP contribution is -2.28. The second-order valence-electron chi connectivity index (χ2n) is 5.02. The molecule has 1 heterocycles. The lowest BCUT2D eigenvalue weighted by molar-refractivity contribution is 0.0946. The Kier molecular flexibility index (Phi) is 3.00. The maximum absolute atomic E-state index is 12.0. The van der Waals surface area contributed by atoms with Gasteiger partial charge in [0.15, 0.2) is 0 Å². The number of pyridine rings is 1. The third-order valence-electron chi connectivity index (χ3n) is 3.17. The van der Waals surface area contributed by atoms with Gasteiger partial charge in [0.1, 0.15) is 5.82 Å². The molecule has 17 heavy (non-hydrogen) atoms. The summed E-state index contributed by atoms with van der Waals surface area (Å²) in [5.41, 5.74) is 0.676. The molecule has 0 bridgehead atoms. The second-order valence-corrected chi connectivity index (χ2v) is 5.43. The first-order valence-electron chi connectivity index (χ1n) is 5.58. The molecule has 1 saturated carbocycles.